The predicted octanol–water partition coefficient (Wildman–Crippen LogP) is 3.68. The van der Waals surface area contributed by atoms with Crippen LogP contribution in [0, 0.1) is 6.92 Å². The molecule has 0 aliphatic carbocycles. The highest BCUT2D eigenvalue weighted by Crippen LogP contribution is 2.30. The van der Waals surface area contributed by atoms with Gasteiger partial charge in [0.05, 0.1) is 22.1 Å². The van der Waals surface area contributed by atoms with Gasteiger partial charge in [-0.3, -0.25) is 9.78 Å². The van der Waals surface area contributed by atoms with E-state index < -0.39 is 0 Å². The van der Waals surface area contributed by atoms with Crippen molar-refractivity contribution in [3.05, 3.63) is 58.1 Å². The molecule has 5 nitrogen and oxygen atoms in total. The van der Waals surface area contributed by atoms with Crippen LogP contribution in [-0.4, -0.2) is 32.3 Å². The van der Waals surface area contributed by atoms with Crippen LogP contribution in [0.4, 0.5) is 0 Å². The Kier molecular flexibility index (Phi) is 3.53. The van der Waals surface area contributed by atoms with E-state index in [1.54, 1.807) is 6.20 Å². The molecule has 0 spiro atoms. The van der Waals surface area contributed by atoms with Gasteiger partial charge in [-0.15, -0.1) is 0 Å². The summed E-state index contributed by atoms with van der Waals surface area (Å²) in [5, 5.41) is 0.573. The molecule has 1 aromatic carbocycles. The van der Waals surface area contributed by atoms with Crippen molar-refractivity contribution in [2.45, 2.75) is 26.3 Å². The molecule has 0 bridgehead atoms. The van der Waals surface area contributed by atoms with Crippen LogP contribution in [0.2, 0.25) is 5.02 Å². The van der Waals surface area contributed by atoms with E-state index >= 15 is 0 Å². The van der Waals surface area contributed by atoms with Crippen molar-refractivity contribution in [2.75, 3.05) is 6.54 Å². The minimum Gasteiger partial charge on any atom is -0.333 e. The van der Waals surface area contributed by atoms with Crippen LogP contribution in [0.15, 0.2) is 30.5 Å². The maximum absolute atomic E-state index is 13.0. The van der Waals surface area contributed by atoms with E-state index in [1.165, 1.54) is 0 Å². The Morgan fingerprint density at radius 2 is 2.21 bits per heavy atom. The molecule has 0 radical (unpaired) electrons. The maximum Gasteiger partial charge on any atom is 0.290 e. The first-order valence-electron chi connectivity index (χ1n) is 7.96. The number of rotatable bonds is 1. The number of fused-ring (bicyclic) bond motifs is 2. The van der Waals surface area contributed by atoms with Crippen LogP contribution < -0.4 is 0 Å². The molecule has 4 rings (SSSR count). The quantitative estimate of drug-likeness (QED) is 0.735. The summed E-state index contributed by atoms with van der Waals surface area (Å²) in [6, 6.07) is 7.64. The number of carbonyl (C=O) groups excluding carboxylic acids is 1. The number of nitrogens with one attached hydrogen (secondary N) is 1. The summed E-state index contributed by atoms with van der Waals surface area (Å²) in [4.78, 5) is 26.8. The molecule has 1 aliphatic heterocycles. The van der Waals surface area contributed by atoms with Crippen LogP contribution in [0.25, 0.3) is 11.0 Å². The molecule has 0 saturated carbocycles. The largest absolute Gasteiger partial charge is 0.333 e. The van der Waals surface area contributed by atoms with E-state index in [-0.39, 0.29) is 11.9 Å². The number of H-pyrrole nitrogens is 1. The van der Waals surface area contributed by atoms with Gasteiger partial charge in [0.1, 0.15) is 0 Å². The van der Waals surface area contributed by atoms with Crippen molar-refractivity contribution in [1.29, 1.82) is 0 Å². The van der Waals surface area contributed by atoms with Crippen molar-refractivity contribution in [1.82, 2.24) is 19.9 Å². The van der Waals surface area contributed by atoms with E-state index in [0.717, 1.165) is 28.8 Å². The number of amides is 1. The molecule has 3 heterocycles. The number of hydrogen-bond donors (Lipinski definition) is 1. The summed E-state index contributed by atoms with van der Waals surface area (Å²) >= 11 is 6.22. The van der Waals surface area contributed by atoms with Gasteiger partial charge in [-0.2, -0.15) is 0 Å². The monoisotopic (exact) mass is 340 g/mol. The number of aromatic amines is 1. The van der Waals surface area contributed by atoms with E-state index in [0.29, 0.717) is 22.9 Å². The number of imidazole rings is 1. The molecule has 1 N–H and O–H groups in total. The van der Waals surface area contributed by atoms with Crippen molar-refractivity contribution in [2.24, 2.45) is 0 Å². The molecule has 1 aliphatic rings. The number of halogens is 1. The smallest absolute Gasteiger partial charge is 0.290 e. The normalized spacial score (nSPS) is 17.1. The fourth-order valence-electron chi connectivity index (χ4n) is 3.33. The molecule has 0 unspecified atom stereocenters. The minimum absolute atomic E-state index is 0.0280. The van der Waals surface area contributed by atoms with Crippen LogP contribution in [0.3, 0.4) is 0 Å². The Morgan fingerprint density at radius 1 is 1.38 bits per heavy atom. The van der Waals surface area contributed by atoms with Crippen molar-refractivity contribution in [3.63, 3.8) is 0 Å². The Hall–Kier alpha value is -2.40. The zero-order valence-corrected chi connectivity index (χ0v) is 14.3. The zero-order valence-electron chi connectivity index (χ0n) is 13.5. The fourth-order valence-corrected chi connectivity index (χ4v) is 3.53. The highest BCUT2D eigenvalue weighted by atomic mass is 35.5. The number of aryl methyl sites for hydroxylation is 1. The zero-order chi connectivity index (χ0) is 16.8. The second-order valence-corrected chi connectivity index (χ2v) is 6.54. The summed E-state index contributed by atoms with van der Waals surface area (Å²) in [7, 11) is 0. The first kappa shape index (κ1) is 15.1. The predicted molar refractivity (Wildman–Crippen MR) is 93.2 cm³/mol. The molecular weight excluding hydrogens is 324 g/mol. The molecule has 122 valence electrons. The van der Waals surface area contributed by atoms with Crippen LogP contribution in [0.1, 0.15) is 40.4 Å². The summed E-state index contributed by atoms with van der Waals surface area (Å²) in [6.45, 7) is 4.62. The Balaban J connectivity index is 1.72. The van der Waals surface area contributed by atoms with Gasteiger partial charge < -0.3 is 9.88 Å². The van der Waals surface area contributed by atoms with E-state index in [1.807, 2.05) is 43.0 Å². The van der Waals surface area contributed by atoms with Gasteiger partial charge in [-0.1, -0.05) is 23.7 Å². The highest BCUT2D eigenvalue weighted by Gasteiger charge is 2.30. The number of hydrogen-bond acceptors (Lipinski definition) is 3. The van der Waals surface area contributed by atoms with Crippen molar-refractivity contribution >= 4 is 28.5 Å². The third-order valence-corrected chi connectivity index (χ3v) is 5.01. The Morgan fingerprint density at radius 3 is 3.00 bits per heavy atom. The average molecular weight is 341 g/mol. The topological polar surface area (TPSA) is 61.9 Å². The molecule has 24 heavy (non-hydrogen) atoms. The van der Waals surface area contributed by atoms with E-state index in [9.17, 15) is 4.79 Å². The molecule has 1 atom stereocenters. The van der Waals surface area contributed by atoms with Gasteiger partial charge in [0.2, 0.25) is 0 Å². The third kappa shape index (κ3) is 2.27. The average Bonchev–Trinajstić information content (AvgIpc) is 3.05. The highest BCUT2D eigenvalue weighted by molar-refractivity contribution is 6.35. The van der Waals surface area contributed by atoms with Gasteiger partial charge in [0, 0.05) is 24.9 Å². The van der Waals surface area contributed by atoms with E-state index in [4.69, 9.17) is 11.6 Å². The SMILES string of the molecule is Cc1ccc(Cl)c2[nH]c(C(=O)N3CCc4ncccc4[C@H]3C)nc12. The lowest BCUT2D eigenvalue weighted by atomic mass is 9.98. The molecule has 1 amide bonds. The standard InChI is InChI=1S/C18H17ClN4O/c1-10-5-6-13(19)16-15(10)21-17(22-16)18(24)23-9-7-14-12(11(23)2)4-3-8-20-14/h3-6,8,11H,7,9H2,1-2H3,(H,21,22)/t11-/m1/s1. The number of pyridine rings is 1. The Bertz CT molecular complexity index is 910. The molecule has 6 heteroatoms. The van der Waals surface area contributed by atoms with Crippen molar-refractivity contribution in [3.8, 4) is 0 Å². The lowest BCUT2D eigenvalue weighted by molar-refractivity contribution is 0.0665. The number of aromatic nitrogens is 3. The number of carbonyl (C=O) groups is 1. The molecule has 3 aromatic rings. The summed E-state index contributed by atoms with van der Waals surface area (Å²) in [5.41, 5.74) is 4.62. The van der Waals surface area contributed by atoms with E-state index in [2.05, 4.69) is 15.0 Å². The second-order valence-electron chi connectivity index (χ2n) is 6.14. The fraction of sp³-hybridized carbons (Fsp3) is 0.278. The third-order valence-electron chi connectivity index (χ3n) is 4.69. The van der Waals surface area contributed by atoms with Crippen LogP contribution in [0.5, 0.6) is 0 Å². The van der Waals surface area contributed by atoms with Crippen LogP contribution >= 0.6 is 11.6 Å². The second kappa shape index (κ2) is 5.60. The molecule has 2 aromatic heterocycles. The lowest BCUT2D eigenvalue weighted by Crippen LogP contribution is -2.39. The first-order valence-corrected chi connectivity index (χ1v) is 8.33. The summed E-state index contributed by atoms with van der Waals surface area (Å²) in [6.07, 6.45) is 2.55. The summed E-state index contributed by atoms with van der Waals surface area (Å²) in [5.74, 6) is 0.226. The molecule has 0 fully saturated rings. The molecular formula is C18H17ClN4O. The molecule has 0 saturated heterocycles. The van der Waals surface area contributed by atoms with Crippen molar-refractivity contribution < 1.29 is 4.79 Å². The first-order chi connectivity index (χ1) is 11.6. The van der Waals surface area contributed by atoms with Gasteiger partial charge in [0.25, 0.3) is 5.91 Å². The summed E-state index contributed by atoms with van der Waals surface area (Å²) < 4.78 is 0. The van der Waals surface area contributed by atoms with Crippen LogP contribution in [-0.2, 0) is 6.42 Å². The van der Waals surface area contributed by atoms with Gasteiger partial charge in [-0.05, 0) is 37.1 Å². The van der Waals surface area contributed by atoms with Gasteiger partial charge in [0.15, 0.2) is 5.82 Å². The Labute approximate surface area is 144 Å². The minimum atomic E-state index is -0.108. The van der Waals surface area contributed by atoms with Gasteiger partial charge >= 0.3 is 0 Å². The van der Waals surface area contributed by atoms with Gasteiger partial charge in [-0.25, -0.2) is 4.98 Å². The number of nitrogens with zero attached hydrogens (tertiary/aromatic N) is 3. The maximum atomic E-state index is 13.0. The number of benzene rings is 1. The lowest BCUT2D eigenvalue weighted by Gasteiger charge is -2.34.